The first-order valence-corrected chi connectivity index (χ1v) is 9.21. The van der Waals surface area contributed by atoms with Gasteiger partial charge in [-0.25, -0.2) is 4.79 Å². The van der Waals surface area contributed by atoms with Gasteiger partial charge in [-0.05, 0) is 18.8 Å². The number of carboxylic acid groups (broad SMARTS) is 2. The number of amides is 3. The number of nitrogens with two attached hydrogens (primary N) is 1. The predicted molar refractivity (Wildman–Crippen MR) is 98.4 cm³/mol. The predicted octanol–water partition coefficient (Wildman–Crippen LogP) is -2.52. The number of carbonyl (C=O) groups excluding carboxylic acids is 3. The van der Waals surface area contributed by atoms with Crippen molar-refractivity contribution >= 4 is 29.7 Å². The summed E-state index contributed by atoms with van der Waals surface area (Å²) in [5, 5.41) is 31.8. The van der Waals surface area contributed by atoms with Gasteiger partial charge in [-0.1, -0.05) is 13.8 Å². The Morgan fingerprint density at radius 3 is 2.21 bits per heavy atom. The largest absolute Gasteiger partial charge is 0.481 e. The first kappa shape index (κ1) is 24.3. The highest BCUT2D eigenvalue weighted by Crippen LogP contribution is 2.19. The van der Waals surface area contributed by atoms with E-state index in [1.165, 1.54) is 0 Å². The summed E-state index contributed by atoms with van der Waals surface area (Å²) in [5.74, 6) is -5.26. The standard InChI is InChI=1S/C17H28N4O8/c1-8(2)13(18)15(26)20-10(7-22)16(27)21-5-3-4-11(21)14(25)19-9(17(28)29)6-12(23)24/h8-11,13,22H,3-7,18H2,1-2H3,(H,19,25)(H,20,26)(H,23,24)(H,28,29). The third kappa shape index (κ3) is 6.68. The topological polar surface area (TPSA) is 199 Å². The van der Waals surface area contributed by atoms with Crippen molar-refractivity contribution in [1.29, 1.82) is 0 Å². The van der Waals surface area contributed by atoms with Gasteiger partial charge in [0, 0.05) is 6.54 Å². The van der Waals surface area contributed by atoms with E-state index < -0.39 is 66.9 Å². The maximum atomic E-state index is 12.7. The lowest BCUT2D eigenvalue weighted by molar-refractivity contribution is -0.148. The van der Waals surface area contributed by atoms with E-state index in [-0.39, 0.29) is 18.9 Å². The highest BCUT2D eigenvalue weighted by molar-refractivity contribution is 5.95. The summed E-state index contributed by atoms with van der Waals surface area (Å²) in [7, 11) is 0. The Labute approximate surface area is 167 Å². The normalized spacial score (nSPS) is 19.3. The van der Waals surface area contributed by atoms with E-state index in [0.717, 1.165) is 4.90 Å². The Hall–Kier alpha value is -2.73. The van der Waals surface area contributed by atoms with Gasteiger partial charge in [-0.2, -0.15) is 0 Å². The minimum atomic E-state index is -1.64. The molecule has 12 nitrogen and oxygen atoms in total. The van der Waals surface area contributed by atoms with Crippen LogP contribution in [0.15, 0.2) is 0 Å². The number of nitrogens with zero attached hydrogens (tertiary/aromatic N) is 1. The van der Waals surface area contributed by atoms with E-state index in [4.69, 9.17) is 15.9 Å². The third-order valence-electron chi connectivity index (χ3n) is 4.65. The number of hydrogen-bond acceptors (Lipinski definition) is 7. The zero-order chi connectivity index (χ0) is 22.3. The number of nitrogens with one attached hydrogen (secondary N) is 2. The van der Waals surface area contributed by atoms with Gasteiger partial charge < -0.3 is 36.6 Å². The number of likely N-dealkylation sites (tertiary alicyclic amines) is 1. The highest BCUT2D eigenvalue weighted by atomic mass is 16.4. The van der Waals surface area contributed by atoms with Crippen LogP contribution < -0.4 is 16.4 Å². The number of aliphatic carboxylic acids is 2. The lowest BCUT2D eigenvalue weighted by Gasteiger charge is -2.29. The fourth-order valence-corrected chi connectivity index (χ4v) is 2.90. The maximum Gasteiger partial charge on any atom is 0.326 e. The summed E-state index contributed by atoms with van der Waals surface area (Å²) in [6, 6.07) is -4.88. The zero-order valence-corrected chi connectivity index (χ0v) is 16.3. The lowest BCUT2D eigenvalue weighted by Crippen LogP contribution is -2.58. The molecule has 0 spiro atoms. The number of aliphatic hydroxyl groups is 1. The molecule has 0 radical (unpaired) electrons. The molecule has 3 amide bonds. The maximum absolute atomic E-state index is 12.7. The van der Waals surface area contributed by atoms with Crippen molar-refractivity contribution in [2.45, 2.75) is 57.3 Å². The molecule has 1 saturated heterocycles. The van der Waals surface area contributed by atoms with E-state index in [1.807, 2.05) is 0 Å². The summed E-state index contributed by atoms with van der Waals surface area (Å²) in [6.07, 6.45) is -0.142. The van der Waals surface area contributed by atoms with Crippen LogP contribution in [0.3, 0.4) is 0 Å². The van der Waals surface area contributed by atoms with E-state index in [2.05, 4.69) is 10.6 Å². The molecule has 164 valence electrons. The van der Waals surface area contributed by atoms with Crippen LogP contribution in [0.25, 0.3) is 0 Å². The summed E-state index contributed by atoms with van der Waals surface area (Å²) >= 11 is 0. The Balaban J connectivity index is 2.86. The Bertz CT molecular complexity index is 653. The van der Waals surface area contributed by atoms with Gasteiger partial charge in [0.05, 0.1) is 19.1 Å². The van der Waals surface area contributed by atoms with E-state index in [0.29, 0.717) is 6.42 Å². The van der Waals surface area contributed by atoms with Crippen LogP contribution >= 0.6 is 0 Å². The molecule has 12 heteroatoms. The lowest BCUT2D eigenvalue weighted by atomic mass is 10.0. The van der Waals surface area contributed by atoms with Gasteiger partial charge in [-0.15, -0.1) is 0 Å². The van der Waals surface area contributed by atoms with E-state index in [1.54, 1.807) is 13.8 Å². The molecule has 1 heterocycles. The first-order chi connectivity index (χ1) is 13.5. The average molecular weight is 416 g/mol. The Kier molecular flexibility index (Phi) is 8.98. The number of rotatable bonds is 10. The second-order valence-electron chi connectivity index (χ2n) is 7.20. The van der Waals surface area contributed by atoms with Crippen LogP contribution in [0.1, 0.15) is 33.1 Å². The molecule has 0 aromatic heterocycles. The molecule has 0 bridgehead atoms. The van der Waals surface area contributed by atoms with Crippen LogP contribution in [-0.2, 0) is 24.0 Å². The molecular formula is C17H28N4O8. The molecule has 1 aliphatic rings. The molecule has 1 aliphatic heterocycles. The number of aliphatic hydroxyl groups excluding tert-OH is 1. The monoisotopic (exact) mass is 416 g/mol. The molecule has 1 rings (SSSR count). The van der Waals surface area contributed by atoms with Crippen LogP contribution in [0.2, 0.25) is 0 Å². The summed E-state index contributed by atoms with van der Waals surface area (Å²) < 4.78 is 0. The van der Waals surface area contributed by atoms with Crippen molar-refractivity contribution in [1.82, 2.24) is 15.5 Å². The van der Waals surface area contributed by atoms with Gasteiger partial charge in [0.25, 0.3) is 0 Å². The van der Waals surface area contributed by atoms with Gasteiger partial charge >= 0.3 is 11.9 Å². The molecule has 0 aliphatic carbocycles. The summed E-state index contributed by atoms with van der Waals surface area (Å²) in [6.45, 7) is 2.89. The van der Waals surface area contributed by atoms with E-state index in [9.17, 15) is 29.1 Å². The molecule has 4 atom stereocenters. The molecule has 0 aromatic rings. The molecule has 29 heavy (non-hydrogen) atoms. The van der Waals surface area contributed by atoms with Gasteiger partial charge in [0.2, 0.25) is 17.7 Å². The van der Waals surface area contributed by atoms with Gasteiger partial charge in [0.1, 0.15) is 18.1 Å². The van der Waals surface area contributed by atoms with Crippen LogP contribution in [0, 0.1) is 5.92 Å². The van der Waals surface area contributed by atoms with Crippen LogP contribution in [-0.4, -0.2) is 87.2 Å². The molecule has 0 aromatic carbocycles. The highest BCUT2D eigenvalue weighted by Gasteiger charge is 2.39. The summed E-state index contributed by atoms with van der Waals surface area (Å²) in [4.78, 5) is 60.3. The Morgan fingerprint density at radius 1 is 1.10 bits per heavy atom. The zero-order valence-electron chi connectivity index (χ0n) is 16.3. The first-order valence-electron chi connectivity index (χ1n) is 9.21. The van der Waals surface area contributed by atoms with Gasteiger partial charge in [-0.3, -0.25) is 19.2 Å². The third-order valence-corrected chi connectivity index (χ3v) is 4.65. The molecule has 1 fully saturated rings. The van der Waals surface area contributed by atoms with Crippen LogP contribution in [0.4, 0.5) is 0 Å². The fraction of sp³-hybridized carbons (Fsp3) is 0.706. The molecule has 7 N–H and O–H groups in total. The molecule has 4 unspecified atom stereocenters. The van der Waals surface area contributed by atoms with Crippen LogP contribution in [0.5, 0.6) is 0 Å². The molecular weight excluding hydrogens is 388 g/mol. The van der Waals surface area contributed by atoms with Crippen molar-refractivity contribution in [2.75, 3.05) is 13.2 Å². The Morgan fingerprint density at radius 2 is 1.72 bits per heavy atom. The minimum Gasteiger partial charge on any atom is -0.481 e. The summed E-state index contributed by atoms with van der Waals surface area (Å²) in [5.41, 5.74) is 5.73. The second kappa shape index (κ2) is 10.7. The number of hydrogen-bond donors (Lipinski definition) is 6. The number of carbonyl (C=O) groups is 5. The minimum absolute atomic E-state index is 0.163. The SMILES string of the molecule is CC(C)C(N)C(=O)NC(CO)C(=O)N1CCCC1C(=O)NC(CC(=O)O)C(=O)O. The van der Waals surface area contributed by atoms with Crippen molar-refractivity contribution in [3.05, 3.63) is 0 Å². The number of carboxylic acids is 2. The van der Waals surface area contributed by atoms with Crippen molar-refractivity contribution in [3.8, 4) is 0 Å². The fourth-order valence-electron chi connectivity index (χ4n) is 2.90. The van der Waals surface area contributed by atoms with Crippen molar-refractivity contribution in [3.63, 3.8) is 0 Å². The van der Waals surface area contributed by atoms with Crippen molar-refractivity contribution in [2.24, 2.45) is 11.7 Å². The van der Waals surface area contributed by atoms with E-state index >= 15 is 0 Å². The average Bonchev–Trinajstić information content (AvgIpc) is 3.13. The second-order valence-corrected chi connectivity index (χ2v) is 7.20. The van der Waals surface area contributed by atoms with Crippen molar-refractivity contribution < 1.29 is 39.3 Å². The molecule has 0 saturated carbocycles. The quantitative estimate of drug-likeness (QED) is 0.222. The van der Waals surface area contributed by atoms with Gasteiger partial charge in [0.15, 0.2) is 0 Å². The smallest absolute Gasteiger partial charge is 0.326 e.